The van der Waals surface area contributed by atoms with Crippen LogP contribution in [-0.4, -0.2) is 41.7 Å². The maximum Gasteiger partial charge on any atom is 0.265 e. The quantitative estimate of drug-likeness (QED) is 0.847. The number of carbonyl (C=O) groups is 1. The number of carbonyl (C=O) groups excluding carboxylic acids is 1. The summed E-state index contributed by atoms with van der Waals surface area (Å²) in [5, 5.41) is 4.06. The van der Waals surface area contributed by atoms with E-state index < -0.39 is 6.10 Å². The number of aromatic nitrogens is 1. The third-order valence-electron chi connectivity index (χ3n) is 5.33. The van der Waals surface area contributed by atoms with E-state index in [9.17, 15) is 4.79 Å². The van der Waals surface area contributed by atoms with E-state index in [2.05, 4.69) is 10.1 Å². The van der Waals surface area contributed by atoms with Gasteiger partial charge in [-0.15, -0.1) is 0 Å². The van der Waals surface area contributed by atoms with Crippen molar-refractivity contribution >= 4 is 11.6 Å². The second kappa shape index (κ2) is 7.02. The molecule has 1 amide bonds. The molecule has 4 rings (SSSR count). The molecule has 1 aromatic heterocycles. The molecule has 1 saturated heterocycles. The van der Waals surface area contributed by atoms with Crippen molar-refractivity contribution in [1.82, 2.24) is 10.1 Å². The number of fused-ring (bicyclic) bond motifs is 1. The van der Waals surface area contributed by atoms with Gasteiger partial charge in [0.25, 0.3) is 5.91 Å². The van der Waals surface area contributed by atoms with E-state index in [1.54, 1.807) is 0 Å². The highest BCUT2D eigenvalue weighted by molar-refractivity contribution is 5.83. The topological polar surface area (TPSA) is 58.8 Å². The van der Waals surface area contributed by atoms with E-state index in [1.165, 1.54) is 6.42 Å². The molecule has 0 saturated carbocycles. The minimum atomic E-state index is -0.469. The van der Waals surface area contributed by atoms with Crippen molar-refractivity contribution in [3.05, 3.63) is 41.3 Å². The lowest BCUT2D eigenvalue weighted by atomic mass is 10.1. The van der Waals surface area contributed by atoms with E-state index in [4.69, 9.17) is 9.26 Å². The van der Waals surface area contributed by atoms with Gasteiger partial charge in [0, 0.05) is 25.2 Å². The Bertz CT molecular complexity index is 776. The minimum absolute atomic E-state index is 0.1000. The highest BCUT2D eigenvalue weighted by Gasteiger charge is 2.34. The van der Waals surface area contributed by atoms with E-state index in [0.717, 1.165) is 54.4 Å². The molecule has 0 spiro atoms. The molecule has 1 unspecified atom stereocenters. The van der Waals surface area contributed by atoms with Gasteiger partial charge in [0.15, 0.2) is 6.10 Å². The van der Waals surface area contributed by atoms with Crippen molar-refractivity contribution in [2.24, 2.45) is 0 Å². The number of piperidine rings is 1. The van der Waals surface area contributed by atoms with Crippen molar-refractivity contribution < 1.29 is 14.1 Å². The number of rotatable bonds is 3. The molecule has 2 aliphatic rings. The van der Waals surface area contributed by atoms with E-state index in [1.807, 2.05) is 43.0 Å². The van der Waals surface area contributed by atoms with E-state index in [0.29, 0.717) is 13.1 Å². The first-order chi connectivity index (χ1) is 12.6. The molecule has 6 heteroatoms. The fraction of sp³-hybridized carbons (Fsp3) is 0.500. The van der Waals surface area contributed by atoms with Crippen LogP contribution in [0.1, 0.15) is 36.3 Å². The summed E-state index contributed by atoms with van der Waals surface area (Å²) in [6.07, 6.45) is 2.90. The summed E-state index contributed by atoms with van der Waals surface area (Å²) < 4.78 is 11.4. The predicted octanol–water partition coefficient (Wildman–Crippen LogP) is 3.07. The first-order valence-electron chi connectivity index (χ1n) is 9.34. The third kappa shape index (κ3) is 3.16. The molecule has 1 aromatic carbocycles. The molecule has 1 fully saturated rings. The van der Waals surface area contributed by atoms with Crippen molar-refractivity contribution in [3.8, 4) is 5.75 Å². The van der Waals surface area contributed by atoms with Gasteiger partial charge >= 0.3 is 0 Å². The van der Waals surface area contributed by atoms with Gasteiger partial charge in [0.05, 0.1) is 17.9 Å². The fourth-order valence-corrected chi connectivity index (χ4v) is 3.82. The van der Waals surface area contributed by atoms with Gasteiger partial charge < -0.3 is 19.1 Å². The molecule has 3 heterocycles. The number of likely N-dealkylation sites (tertiary alicyclic amines) is 1. The van der Waals surface area contributed by atoms with Crippen LogP contribution in [0.15, 0.2) is 28.8 Å². The van der Waals surface area contributed by atoms with E-state index >= 15 is 0 Å². The number of benzene rings is 1. The van der Waals surface area contributed by atoms with Crippen LogP contribution in [0.25, 0.3) is 0 Å². The highest BCUT2D eigenvalue weighted by atomic mass is 16.5. The SMILES string of the molecule is Cc1noc(C)c1CN1CC(C(=O)N2CCCCC2)Oc2ccccc21. The minimum Gasteiger partial charge on any atom is -0.477 e. The summed E-state index contributed by atoms with van der Waals surface area (Å²) in [6, 6.07) is 7.91. The largest absolute Gasteiger partial charge is 0.477 e. The lowest BCUT2D eigenvalue weighted by Crippen LogP contribution is -2.51. The highest BCUT2D eigenvalue weighted by Crippen LogP contribution is 2.35. The van der Waals surface area contributed by atoms with Crippen molar-refractivity contribution in [3.63, 3.8) is 0 Å². The fourth-order valence-electron chi connectivity index (χ4n) is 3.82. The molecular formula is C20H25N3O3. The summed E-state index contributed by atoms with van der Waals surface area (Å²) in [5.74, 6) is 1.69. The van der Waals surface area contributed by atoms with Crippen molar-refractivity contribution in [2.75, 3.05) is 24.5 Å². The van der Waals surface area contributed by atoms with Crippen LogP contribution in [0.3, 0.4) is 0 Å². The van der Waals surface area contributed by atoms with Crippen LogP contribution in [0.5, 0.6) is 5.75 Å². The lowest BCUT2D eigenvalue weighted by molar-refractivity contribution is -0.139. The number of nitrogens with zero attached hydrogens (tertiary/aromatic N) is 3. The van der Waals surface area contributed by atoms with Gasteiger partial charge in [-0.1, -0.05) is 17.3 Å². The number of aryl methyl sites for hydroxylation is 2. The number of hydrogen-bond donors (Lipinski definition) is 0. The molecule has 0 radical (unpaired) electrons. The maximum absolute atomic E-state index is 13.0. The number of hydrogen-bond acceptors (Lipinski definition) is 5. The molecular weight excluding hydrogens is 330 g/mol. The average molecular weight is 355 g/mol. The molecule has 0 bridgehead atoms. The van der Waals surface area contributed by atoms with Crippen LogP contribution in [0.4, 0.5) is 5.69 Å². The summed E-state index contributed by atoms with van der Waals surface area (Å²) >= 11 is 0. The Labute approximate surface area is 153 Å². The Morgan fingerprint density at radius 1 is 1.19 bits per heavy atom. The van der Waals surface area contributed by atoms with Gasteiger partial charge in [-0.3, -0.25) is 4.79 Å². The van der Waals surface area contributed by atoms with E-state index in [-0.39, 0.29) is 5.91 Å². The third-order valence-corrected chi connectivity index (χ3v) is 5.33. The van der Waals surface area contributed by atoms with Gasteiger partial charge in [0.1, 0.15) is 11.5 Å². The zero-order valence-corrected chi connectivity index (χ0v) is 15.4. The van der Waals surface area contributed by atoms with Gasteiger partial charge in [-0.2, -0.15) is 0 Å². The van der Waals surface area contributed by atoms with Crippen LogP contribution in [0.2, 0.25) is 0 Å². The molecule has 1 atom stereocenters. The van der Waals surface area contributed by atoms with Crippen molar-refractivity contribution in [1.29, 1.82) is 0 Å². The Kier molecular flexibility index (Phi) is 4.57. The molecule has 138 valence electrons. The smallest absolute Gasteiger partial charge is 0.265 e. The first kappa shape index (κ1) is 16.9. The summed E-state index contributed by atoms with van der Waals surface area (Å²) in [6.45, 7) is 6.75. The van der Waals surface area contributed by atoms with Crippen LogP contribution < -0.4 is 9.64 Å². The van der Waals surface area contributed by atoms with Crippen molar-refractivity contribution in [2.45, 2.75) is 45.8 Å². The molecule has 2 aliphatic heterocycles. The number of anilines is 1. The Morgan fingerprint density at radius 3 is 2.69 bits per heavy atom. The number of para-hydroxylation sites is 2. The molecule has 26 heavy (non-hydrogen) atoms. The summed E-state index contributed by atoms with van der Waals surface area (Å²) in [7, 11) is 0. The predicted molar refractivity (Wildman–Crippen MR) is 98.3 cm³/mol. The summed E-state index contributed by atoms with van der Waals surface area (Å²) in [4.78, 5) is 17.1. The van der Waals surface area contributed by atoms with Crippen LogP contribution in [-0.2, 0) is 11.3 Å². The molecule has 2 aromatic rings. The standard InChI is InChI=1S/C20H25N3O3/c1-14-16(15(2)26-21-14)12-23-13-19(20(24)22-10-6-3-7-11-22)25-18-9-5-4-8-17(18)23/h4-5,8-9,19H,3,6-7,10-13H2,1-2H3. The Hall–Kier alpha value is -2.50. The Balaban J connectivity index is 1.59. The average Bonchev–Trinajstić information content (AvgIpc) is 3.00. The van der Waals surface area contributed by atoms with Gasteiger partial charge in [-0.05, 0) is 45.2 Å². The second-order valence-electron chi connectivity index (χ2n) is 7.14. The zero-order valence-electron chi connectivity index (χ0n) is 15.4. The Morgan fingerprint density at radius 2 is 1.96 bits per heavy atom. The number of amides is 1. The van der Waals surface area contributed by atoms with Crippen LogP contribution >= 0.6 is 0 Å². The molecule has 0 N–H and O–H groups in total. The normalized spacial score (nSPS) is 19.8. The zero-order chi connectivity index (χ0) is 18.1. The first-order valence-corrected chi connectivity index (χ1v) is 9.34. The lowest BCUT2D eigenvalue weighted by Gasteiger charge is -2.38. The van der Waals surface area contributed by atoms with Crippen LogP contribution in [0, 0.1) is 13.8 Å². The summed E-state index contributed by atoms with van der Waals surface area (Å²) in [5.41, 5.74) is 2.98. The van der Waals surface area contributed by atoms with Gasteiger partial charge in [0.2, 0.25) is 0 Å². The van der Waals surface area contributed by atoms with Gasteiger partial charge in [-0.25, -0.2) is 0 Å². The molecule has 6 nitrogen and oxygen atoms in total. The maximum atomic E-state index is 13.0. The second-order valence-corrected chi connectivity index (χ2v) is 7.14. The monoisotopic (exact) mass is 355 g/mol. The molecule has 0 aliphatic carbocycles. The number of ether oxygens (including phenoxy) is 1.